The third-order valence-electron chi connectivity index (χ3n) is 8.66. The number of carbonyl (C=O) groups is 3. The molecule has 0 saturated carbocycles. The lowest BCUT2D eigenvalue weighted by Gasteiger charge is -2.19. The molecule has 0 bridgehead atoms. The maximum absolute atomic E-state index is 12.6. The summed E-state index contributed by atoms with van der Waals surface area (Å²) in [5.74, 6) is -0.200. The fraction of sp³-hybridized carbons (Fsp3) is 0.921. The SMILES string of the molecule is CC(C)CCCCCCCCCCC(O)CC(=O)NC(CCCN)C(=O)OCCOC(=O)C(O)CCCCCCCCCCC(C)C. The van der Waals surface area contributed by atoms with Crippen molar-refractivity contribution in [3.63, 3.8) is 0 Å². The lowest BCUT2D eigenvalue weighted by molar-refractivity contribution is -0.159. The minimum absolute atomic E-state index is 0.0732. The van der Waals surface area contributed by atoms with Crippen molar-refractivity contribution in [2.45, 2.75) is 194 Å². The van der Waals surface area contributed by atoms with Crippen molar-refractivity contribution >= 4 is 17.8 Å². The molecule has 9 heteroatoms. The van der Waals surface area contributed by atoms with Crippen LogP contribution in [-0.4, -0.2) is 66.1 Å². The lowest BCUT2D eigenvalue weighted by atomic mass is 10.0. The molecule has 3 atom stereocenters. The highest BCUT2D eigenvalue weighted by atomic mass is 16.6. The predicted octanol–water partition coefficient (Wildman–Crippen LogP) is 7.52. The van der Waals surface area contributed by atoms with Crippen LogP contribution in [0.2, 0.25) is 0 Å². The Balaban J connectivity index is 4.08. The van der Waals surface area contributed by atoms with Crippen LogP contribution < -0.4 is 11.1 Å². The van der Waals surface area contributed by atoms with E-state index in [0.29, 0.717) is 32.2 Å². The van der Waals surface area contributed by atoms with Gasteiger partial charge in [0.2, 0.25) is 5.91 Å². The van der Waals surface area contributed by atoms with E-state index in [1.165, 1.54) is 77.0 Å². The summed E-state index contributed by atoms with van der Waals surface area (Å²) in [6.45, 7) is 9.06. The molecule has 278 valence electrons. The number of aliphatic hydroxyl groups excluding tert-OH is 2. The standard InChI is InChI=1S/C38H74N2O7/c1-31(2)22-17-13-9-5-7-11-15-19-24-33(41)30-36(43)40-34(25-21-27-39)37(44)46-28-29-47-38(45)35(42)26-20-16-12-8-6-10-14-18-23-32(3)4/h31-35,41-42H,5-30,39H2,1-4H3,(H,40,43). The molecule has 0 rings (SSSR count). The van der Waals surface area contributed by atoms with Crippen LogP contribution in [-0.2, 0) is 23.9 Å². The van der Waals surface area contributed by atoms with E-state index >= 15 is 0 Å². The first kappa shape index (κ1) is 45.3. The second kappa shape index (κ2) is 31.6. The quantitative estimate of drug-likeness (QED) is 0.0414. The molecule has 0 aliphatic rings. The maximum Gasteiger partial charge on any atom is 0.335 e. The molecular weight excluding hydrogens is 596 g/mol. The Morgan fingerprint density at radius 2 is 0.957 bits per heavy atom. The second-order valence-electron chi connectivity index (χ2n) is 14.4. The van der Waals surface area contributed by atoms with Crippen LogP contribution in [0.25, 0.3) is 0 Å². The van der Waals surface area contributed by atoms with E-state index < -0.39 is 36.1 Å². The van der Waals surface area contributed by atoms with Gasteiger partial charge in [-0.05, 0) is 44.1 Å². The molecule has 0 aromatic rings. The average Bonchev–Trinajstić information content (AvgIpc) is 3.02. The van der Waals surface area contributed by atoms with Gasteiger partial charge < -0.3 is 30.7 Å². The number of unbranched alkanes of at least 4 members (excludes halogenated alkanes) is 14. The van der Waals surface area contributed by atoms with Crippen molar-refractivity contribution in [1.82, 2.24) is 5.32 Å². The van der Waals surface area contributed by atoms with Gasteiger partial charge in [-0.25, -0.2) is 9.59 Å². The number of nitrogens with two attached hydrogens (primary N) is 1. The number of carbonyl (C=O) groups excluding carboxylic acids is 3. The van der Waals surface area contributed by atoms with Gasteiger partial charge in [0, 0.05) is 0 Å². The zero-order valence-corrected chi connectivity index (χ0v) is 30.8. The fourth-order valence-corrected chi connectivity index (χ4v) is 5.68. The van der Waals surface area contributed by atoms with Gasteiger partial charge in [0.15, 0.2) is 6.10 Å². The first-order valence-electron chi connectivity index (χ1n) is 19.3. The summed E-state index contributed by atoms with van der Waals surface area (Å²) < 4.78 is 10.3. The van der Waals surface area contributed by atoms with Crippen LogP contribution in [0.4, 0.5) is 0 Å². The number of hydrogen-bond donors (Lipinski definition) is 4. The second-order valence-corrected chi connectivity index (χ2v) is 14.4. The maximum atomic E-state index is 12.6. The van der Waals surface area contributed by atoms with E-state index in [4.69, 9.17) is 15.2 Å². The fourth-order valence-electron chi connectivity index (χ4n) is 5.68. The summed E-state index contributed by atoms with van der Waals surface area (Å²) in [7, 11) is 0. The van der Waals surface area contributed by atoms with Crippen LogP contribution in [0.1, 0.15) is 175 Å². The Bertz CT molecular complexity index is 762. The van der Waals surface area contributed by atoms with Crippen LogP contribution in [0.3, 0.4) is 0 Å². The molecule has 0 fully saturated rings. The number of nitrogens with one attached hydrogen (secondary N) is 1. The average molecular weight is 671 g/mol. The summed E-state index contributed by atoms with van der Waals surface area (Å²) in [6, 6.07) is -0.889. The molecule has 0 saturated heterocycles. The van der Waals surface area contributed by atoms with E-state index in [1.54, 1.807) is 0 Å². The third kappa shape index (κ3) is 30.1. The number of hydrogen-bond acceptors (Lipinski definition) is 8. The van der Waals surface area contributed by atoms with Gasteiger partial charge >= 0.3 is 11.9 Å². The van der Waals surface area contributed by atoms with Crippen LogP contribution in [0, 0.1) is 11.8 Å². The van der Waals surface area contributed by atoms with E-state index in [1.807, 2.05) is 0 Å². The van der Waals surface area contributed by atoms with Crippen molar-refractivity contribution in [3.05, 3.63) is 0 Å². The Morgan fingerprint density at radius 1 is 0.553 bits per heavy atom. The van der Waals surface area contributed by atoms with Crippen molar-refractivity contribution in [1.29, 1.82) is 0 Å². The molecule has 5 N–H and O–H groups in total. The monoisotopic (exact) mass is 671 g/mol. The number of aliphatic hydroxyl groups is 2. The van der Waals surface area contributed by atoms with Gasteiger partial charge in [0.25, 0.3) is 0 Å². The van der Waals surface area contributed by atoms with Gasteiger partial charge in [-0.1, -0.05) is 143 Å². The highest BCUT2D eigenvalue weighted by Crippen LogP contribution is 2.15. The third-order valence-corrected chi connectivity index (χ3v) is 8.66. The molecule has 0 radical (unpaired) electrons. The van der Waals surface area contributed by atoms with Gasteiger partial charge in [0.1, 0.15) is 19.3 Å². The molecule has 3 unspecified atom stereocenters. The first-order valence-corrected chi connectivity index (χ1v) is 19.3. The van der Waals surface area contributed by atoms with Crippen LogP contribution in [0.15, 0.2) is 0 Å². The molecule has 0 aromatic heterocycles. The highest BCUT2D eigenvalue weighted by molar-refractivity contribution is 5.84. The zero-order valence-electron chi connectivity index (χ0n) is 30.8. The van der Waals surface area contributed by atoms with Gasteiger partial charge in [0.05, 0.1) is 12.5 Å². The molecule has 1 amide bonds. The summed E-state index contributed by atoms with van der Waals surface area (Å²) in [5, 5.41) is 23.1. The number of ether oxygens (including phenoxy) is 2. The first-order chi connectivity index (χ1) is 22.6. The summed E-state index contributed by atoms with van der Waals surface area (Å²) in [5.41, 5.74) is 5.61. The highest BCUT2D eigenvalue weighted by Gasteiger charge is 2.23. The van der Waals surface area contributed by atoms with Crippen molar-refractivity contribution < 1.29 is 34.1 Å². The van der Waals surface area contributed by atoms with Crippen molar-refractivity contribution in [2.24, 2.45) is 17.6 Å². The van der Waals surface area contributed by atoms with Gasteiger partial charge in [-0.15, -0.1) is 0 Å². The van der Waals surface area contributed by atoms with Crippen LogP contribution in [0.5, 0.6) is 0 Å². The largest absolute Gasteiger partial charge is 0.461 e. The molecular formula is C38H74N2O7. The van der Waals surface area contributed by atoms with Crippen molar-refractivity contribution in [2.75, 3.05) is 19.8 Å². The Morgan fingerprint density at radius 3 is 1.40 bits per heavy atom. The zero-order chi connectivity index (χ0) is 35.1. The minimum Gasteiger partial charge on any atom is -0.461 e. The summed E-state index contributed by atoms with van der Waals surface area (Å²) in [4.78, 5) is 37.3. The normalized spacial score (nSPS) is 13.5. The predicted molar refractivity (Wildman–Crippen MR) is 191 cm³/mol. The Labute approximate surface area is 287 Å². The molecule has 0 heterocycles. The van der Waals surface area contributed by atoms with E-state index in [-0.39, 0.29) is 19.6 Å². The van der Waals surface area contributed by atoms with E-state index in [9.17, 15) is 24.6 Å². The van der Waals surface area contributed by atoms with Crippen molar-refractivity contribution in [3.8, 4) is 0 Å². The Kier molecular flexibility index (Phi) is 30.4. The molecule has 9 nitrogen and oxygen atoms in total. The molecule has 0 spiro atoms. The molecule has 0 aromatic carbocycles. The minimum atomic E-state index is -1.19. The van der Waals surface area contributed by atoms with E-state index in [0.717, 1.165) is 50.4 Å². The van der Waals surface area contributed by atoms with Crippen LogP contribution >= 0.6 is 0 Å². The van der Waals surface area contributed by atoms with Gasteiger partial charge in [-0.3, -0.25) is 4.79 Å². The van der Waals surface area contributed by atoms with Gasteiger partial charge in [-0.2, -0.15) is 0 Å². The Hall–Kier alpha value is -1.71. The number of esters is 2. The number of amides is 1. The topological polar surface area (TPSA) is 148 Å². The smallest absolute Gasteiger partial charge is 0.335 e. The lowest BCUT2D eigenvalue weighted by Crippen LogP contribution is -2.43. The molecule has 0 aliphatic carbocycles. The summed E-state index contributed by atoms with van der Waals surface area (Å²) >= 11 is 0. The summed E-state index contributed by atoms with van der Waals surface area (Å²) in [6.07, 6.45) is 20.9. The number of rotatable bonds is 33. The van der Waals surface area contributed by atoms with E-state index in [2.05, 4.69) is 33.0 Å². The molecule has 47 heavy (non-hydrogen) atoms. The molecule has 0 aliphatic heterocycles.